The highest BCUT2D eigenvalue weighted by Crippen LogP contribution is 2.38. The van der Waals surface area contributed by atoms with Crippen LogP contribution in [0.1, 0.15) is 33.1 Å². The Morgan fingerprint density at radius 1 is 1.19 bits per heavy atom. The molecule has 2 nitrogen and oxygen atoms in total. The predicted molar refractivity (Wildman–Crippen MR) is 58.4 cm³/mol. The zero-order valence-electron chi connectivity index (χ0n) is 10.0. The number of alkyl halides is 3. The fourth-order valence-corrected chi connectivity index (χ4v) is 2.37. The summed E-state index contributed by atoms with van der Waals surface area (Å²) < 4.78 is 39.0. The van der Waals surface area contributed by atoms with Crippen molar-refractivity contribution in [3.63, 3.8) is 0 Å². The first-order valence-corrected chi connectivity index (χ1v) is 5.99. The van der Waals surface area contributed by atoms with Gasteiger partial charge in [0, 0.05) is 13.1 Å². The van der Waals surface area contributed by atoms with Crippen LogP contribution in [0.4, 0.5) is 13.2 Å². The van der Waals surface area contributed by atoms with Crippen LogP contribution >= 0.6 is 0 Å². The van der Waals surface area contributed by atoms with Crippen molar-refractivity contribution in [2.45, 2.75) is 44.8 Å². The molecule has 1 rings (SSSR count). The number of halogens is 3. The van der Waals surface area contributed by atoms with E-state index in [0.29, 0.717) is 19.6 Å². The molecule has 1 aliphatic heterocycles. The van der Waals surface area contributed by atoms with Crippen LogP contribution in [0.25, 0.3) is 0 Å². The van der Waals surface area contributed by atoms with Gasteiger partial charge in [-0.15, -0.1) is 0 Å². The second kappa shape index (κ2) is 5.36. The Hall–Kier alpha value is -0.290. The van der Waals surface area contributed by atoms with Crippen molar-refractivity contribution in [3.8, 4) is 0 Å². The highest BCUT2D eigenvalue weighted by atomic mass is 19.4. The van der Waals surface area contributed by atoms with Crippen molar-refractivity contribution in [1.82, 2.24) is 10.2 Å². The molecule has 0 spiro atoms. The third-order valence-corrected chi connectivity index (χ3v) is 3.31. The van der Waals surface area contributed by atoms with E-state index in [4.69, 9.17) is 0 Å². The molecule has 1 saturated heterocycles. The zero-order chi connectivity index (χ0) is 12.2. The number of hydrogen-bond donors (Lipinski definition) is 1. The van der Waals surface area contributed by atoms with Gasteiger partial charge < -0.3 is 10.2 Å². The molecule has 0 bridgehead atoms. The Kier molecular flexibility index (Phi) is 4.62. The topological polar surface area (TPSA) is 15.3 Å². The first-order valence-electron chi connectivity index (χ1n) is 5.99. The Labute approximate surface area is 95.2 Å². The standard InChI is InChI=1S/C11H21F3N2/c1-3-7-16-8-5-10(6-9-16,15-4-2)11(12,13)14/h15H,3-9H2,1-2H3. The second-order valence-electron chi connectivity index (χ2n) is 4.45. The second-order valence-corrected chi connectivity index (χ2v) is 4.45. The molecular weight excluding hydrogens is 217 g/mol. The van der Waals surface area contributed by atoms with Gasteiger partial charge in [0.15, 0.2) is 0 Å². The van der Waals surface area contributed by atoms with E-state index in [1.54, 1.807) is 6.92 Å². The van der Waals surface area contributed by atoms with E-state index in [1.807, 2.05) is 0 Å². The van der Waals surface area contributed by atoms with Crippen molar-refractivity contribution in [3.05, 3.63) is 0 Å². The summed E-state index contributed by atoms with van der Waals surface area (Å²) in [5.41, 5.74) is -1.65. The first-order chi connectivity index (χ1) is 7.45. The lowest BCUT2D eigenvalue weighted by molar-refractivity contribution is -0.208. The fourth-order valence-electron chi connectivity index (χ4n) is 2.37. The maximum Gasteiger partial charge on any atom is 0.406 e. The van der Waals surface area contributed by atoms with E-state index in [0.717, 1.165) is 13.0 Å². The molecule has 1 N–H and O–H groups in total. The van der Waals surface area contributed by atoms with E-state index in [2.05, 4.69) is 17.1 Å². The Bertz CT molecular complexity index is 208. The Balaban J connectivity index is 2.63. The van der Waals surface area contributed by atoms with Gasteiger partial charge in [-0.3, -0.25) is 0 Å². The van der Waals surface area contributed by atoms with Gasteiger partial charge >= 0.3 is 6.18 Å². The van der Waals surface area contributed by atoms with Crippen LogP contribution < -0.4 is 5.32 Å². The molecule has 1 fully saturated rings. The lowest BCUT2D eigenvalue weighted by Crippen LogP contribution is -2.62. The summed E-state index contributed by atoms with van der Waals surface area (Å²) in [6.07, 6.45) is -2.80. The summed E-state index contributed by atoms with van der Waals surface area (Å²) >= 11 is 0. The van der Waals surface area contributed by atoms with Crippen LogP contribution in [0.5, 0.6) is 0 Å². The molecule has 0 saturated carbocycles. The number of nitrogens with one attached hydrogen (secondary N) is 1. The lowest BCUT2D eigenvalue weighted by Gasteiger charge is -2.43. The molecule has 0 radical (unpaired) electrons. The van der Waals surface area contributed by atoms with Crippen LogP contribution in [-0.2, 0) is 0 Å². The number of hydrogen-bond acceptors (Lipinski definition) is 2. The average Bonchev–Trinajstić information content (AvgIpc) is 2.20. The van der Waals surface area contributed by atoms with Crippen LogP contribution in [0.2, 0.25) is 0 Å². The molecule has 5 heteroatoms. The summed E-state index contributed by atoms with van der Waals surface area (Å²) in [6.45, 7) is 6.13. The van der Waals surface area contributed by atoms with Gasteiger partial charge in [0.1, 0.15) is 5.54 Å². The highest BCUT2D eigenvalue weighted by molar-refractivity contribution is 4.98. The maximum atomic E-state index is 13.0. The van der Waals surface area contributed by atoms with Gasteiger partial charge in [0.05, 0.1) is 0 Å². The van der Waals surface area contributed by atoms with Gasteiger partial charge in [0.25, 0.3) is 0 Å². The third-order valence-electron chi connectivity index (χ3n) is 3.31. The molecule has 16 heavy (non-hydrogen) atoms. The van der Waals surface area contributed by atoms with Crippen LogP contribution in [0.3, 0.4) is 0 Å². The first kappa shape index (κ1) is 13.8. The number of piperidine rings is 1. The van der Waals surface area contributed by atoms with Gasteiger partial charge in [-0.05, 0) is 32.4 Å². The van der Waals surface area contributed by atoms with E-state index in [9.17, 15) is 13.2 Å². The zero-order valence-corrected chi connectivity index (χ0v) is 10.0. The van der Waals surface area contributed by atoms with E-state index >= 15 is 0 Å². The number of rotatable bonds is 4. The molecule has 0 aliphatic carbocycles. The monoisotopic (exact) mass is 238 g/mol. The molecule has 0 amide bonds. The summed E-state index contributed by atoms with van der Waals surface area (Å²) in [5.74, 6) is 0. The number of nitrogens with zero attached hydrogens (tertiary/aromatic N) is 1. The molecule has 0 aromatic carbocycles. The molecular formula is C11H21F3N2. The smallest absolute Gasteiger partial charge is 0.304 e. The van der Waals surface area contributed by atoms with Crippen molar-refractivity contribution in [2.75, 3.05) is 26.2 Å². The minimum Gasteiger partial charge on any atom is -0.304 e. The highest BCUT2D eigenvalue weighted by Gasteiger charge is 2.54. The van der Waals surface area contributed by atoms with Gasteiger partial charge in [-0.25, -0.2) is 0 Å². The number of likely N-dealkylation sites (tertiary alicyclic amines) is 1. The van der Waals surface area contributed by atoms with Crippen molar-refractivity contribution in [1.29, 1.82) is 0 Å². The summed E-state index contributed by atoms with van der Waals surface area (Å²) in [6, 6.07) is 0. The lowest BCUT2D eigenvalue weighted by atomic mass is 9.86. The van der Waals surface area contributed by atoms with Crippen LogP contribution in [-0.4, -0.2) is 42.8 Å². The van der Waals surface area contributed by atoms with E-state index in [1.165, 1.54) is 0 Å². The summed E-state index contributed by atoms with van der Waals surface area (Å²) in [5, 5.41) is 2.65. The Morgan fingerprint density at radius 3 is 2.12 bits per heavy atom. The van der Waals surface area contributed by atoms with Crippen molar-refractivity contribution < 1.29 is 13.2 Å². The molecule has 0 aromatic rings. The molecule has 96 valence electrons. The van der Waals surface area contributed by atoms with Crippen molar-refractivity contribution in [2.24, 2.45) is 0 Å². The summed E-state index contributed by atoms with van der Waals surface area (Å²) in [7, 11) is 0. The van der Waals surface area contributed by atoms with Gasteiger partial charge in [-0.1, -0.05) is 13.8 Å². The van der Waals surface area contributed by atoms with Gasteiger partial charge in [-0.2, -0.15) is 13.2 Å². The predicted octanol–water partition coefficient (Wildman–Crippen LogP) is 2.40. The molecule has 1 heterocycles. The van der Waals surface area contributed by atoms with Crippen LogP contribution in [0, 0.1) is 0 Å². The minimum atomic E-state index is -4.14. The fraction of sp³-hybridized carbons (Fsp3) is 1.00. The average molecular weight is 238 g/mol. The maximum absolute atomic E-state index is 13.0. The van der Waals surface area contributed by atoms with Crippen LogP contribution in [0.15, 0.2) is 0 Å². The quantitative estimate of drug-likeness (QED) is 0.809. The minimum absolute atomic E-state index is 0.171. The van der Waals surface area contributed by atoms with E-state index in [-0.39, 0.29) is 12.8 Å². The molecule has 0 atom stereocenters. The van der Waals surface area contributed by atoms with Gasteiger partial charge in [0.2, 0.25) is 0 Å². The van der Waals surface area contributed by atoms with E-state index < -0.39 is 11.7 Å². The SMILES string of the molecule is CCCN1CCC(NCC)(C(F)(F)F)CC1. The largest absolute Gasteiger partial charge is 0.406 e. The Morgan fingerprint density at radius 2 is 1.75 bits per heavy atom. The molecule has 0 aromatic heterocycles. The molecule has 0 unspecified atom stereocenters. The van der Waals surface area contributed by atoms with Crippen molar-refractivity contribution >= 4 is 0 Å². The third kappa shape index (κ3) is 2.88. The molecule has 1 aliphatic rings. The summed E-state index contributed by atoms with van der Waals surface area (Å²) in [4.78, 5) is 2.11. The normalized spacial score (nSPS) is 22.3.